The van der Waals surface area contributed by atoms with E-state index in [4.69, 9.17) is 4.74 Å². The topological polar surface area (TPSA) is 9.23 Å². The van der Waals surface area contributed by atoms with Crippen molar-refractivity contribution < 1.29 is 4.74 Å². The highest BCUT2D eigenvalue weighted by atomic mass is 16.5. The molecule has 12 rings (SSSR count). The molecule has 1 nitrogen and oxygen atoms in total. The van der Waals surface area contributed by atoms with Crippen LogP contribution in [-0.4, -0.2) is 0 Å². The van der Waals surface area contributed by atoms with Gasteiger partial charge in [-0.3, -0.25) is 0 Å². The molecule has 1 heterocycles. The second-order valence-corrected chi connectivity index (χ2v) is 15.0. The maximum Gasteiger partial charge on any atom is 0.132 e. The second kappa shape index (κ2) is 11.3. The molecule has 0 amide bonds. The standard InChI is InChI=1S/C54H34O/c1-3-18-36(19-4-1)53(37-20-5-2-6-21-37)45-29-13-14-31-48(45)55-49-32-16-26-40(52(49)53)39-25-15-30-46-51(39)42-24-10-12-28-44(42)54(46)43-27-11-9-23-41(43)50-38-22-8-7-17-35(38)33-34-47(50)54/h1-34H. The van der Waals surface area contributed by atoms with Crippen molar-refractivity contribution in [1.82, 2.24) is 0 Å². The van der Waals surface area contributed by atoms with Gasteiger partial charge in [0.1, 0.15) is 11.5 Å². The van der Waals surface area contributed by atoms with Gasteiger partial charge in [-0.05, 0) is 89.7 Å². The third kappa shape index (κ3) is 3.82. The second-order valence-electron chi connectivity index (χ2n) is 15.0. The highest BCUT2D eigenvalue weighted by Crippen LogP contribution is 2.66. The third-order valence-electron chi connectivity index (χ3n) is 12.6. The number of para-hydroxylation sites is 1. The van der Waals surface area contributed by atoms with Crippen molar-refractivity contribution in [2.24, 2.45) is 0 Å². The van der Waals surface area contributed by atoms with Gasteiger partial charge in [0.05, 0.1) is 10.8 Å². The van der Waals surface area contributed by atoms with Gasteiger partial charge in [0.25, 0.3) is 0 Å². The number of rotatable bonds is 3. The van der Waals surface area contributed by atoms with E-state index in [1.165, 1.54) is 77.5 Å². The number of hydrogen-bond donors (Lipinski definition) is 0. The largest absolute Gasteiger partial charge is 0.457 e. The molecule has 1 spiro atoms. The Bertz CT molecular complexity index is 2970. The third-order valence-corrected chi connectivity index (χ3v) is 12.6. The van der Waals surface area contributed by atoms with Gasteiger partial charge in [0, 0.05) is 11.1 Å². The summed E-state index contributed by atoms with van der Waals surface area (Å²) >= 11 is 0. The normalized spacial score (nSPS) is 16.4. The minimum absolute atomic E-state index is 0.466. The van der Waals surface area contributed by atoms with E-state index in [2.05, 4.69) is 206 Å². The zero-order chi connectivity index (χ0) is 36.1. The zero-order valence-corrected chi connectivity index (χ0v) is 30.0. The fraction of sp³-hybridized carbons (Fsp3) is 0.0370. The van der Waals surface area contributed by atoms with E-state index in [9.17, 15) is 0 Å². The zero-order valence-electron chi connectivity index (χ0n) is 30.0. The Morgan fingerprint density at radius 2 is 0.800 bits per heavy atom. The molecule has 1 unspecified atom stereocenters. The molecule has 0 bridgehead atoms. The SMILES string of the molecule is c1ccc(C2(c3ccccc3)c3ccccc3Oc3cccc(-c4cccc5c4-c4ccccc4C54c5ccccc5-c5c4ccc4ccccc54)c32)cc1. The molecule has 0 aromatic heterocycles. The van der Waals surface area contributed by atoms with Crippen LogP contribution in [0.15, 0.2) is 206 Å². The molecule has 0 fully saturated rings. The van der Waals surface area contributed by atoms with Crippen LogP contribution in [0.2, 0.25) is 0 Å². The molecule has 256 valence electrons. The van der Waals surface area contributed by atoms with E-state index in [1.807, 2.05) is 0 Å². The van der Waals surface area contributed by atoms with Crippen molar-refractivity contribution >= 4 is 10.8 Å². The predicted octanol–water partition coefficient (Wildman–Crippen LogP) is 13.3. The summed E-state index contributed by atoms with van der Waals surface area (Å²) in [6.07, 6.45) is 0. The van der Waals surface area contributed by atoms with Crippen LogP contribution in [0.5, 0.6) is 11.5 Å². The molecular formula is C54H34O. The van der Waals surface area contributed by atoms with Crippen molar-refractivity contribution in [3.63, 3.8) is 0 Å². The van der Waals surface area contributed by atoms with Gasteiger partial charge >= 0.3 is 0 Å². The molecule has 3 aliphatic rings. The molecule has 0 N–H and O–H groups in total. The van der Waals surface area contributed by atoms with E-state index in [-0.39, 0.29) is 0 Å². The van der Waals surface area contributed by atoms with Gasteiger partial charge in [0.2, 0.25) is 0 Å². The van der Waals surface area contributed by atoms with Crippen LogP contribution in [0.3, 0.4) is 0 Å². The highest BCUT2D eigenvalue weighted by Gasteiger charge is 2.53. The molecule has 2 aliphatic carbocycles. The molecular weight excluding hydrogens is 665 g/mol. The maximum absolute atomic E-state index is 6.95. The summed E-state index contributed by atoms with van der Waals surface area (Å²) in [4.78, 5) is 0. The molecule has 0 saturated heterocycles. The number of ether oxygens (including phenoxy) is 1. The van der Waals surface area contributed by atoms with Crippen molar-refractivity contribution in [2.45, 2.75) is 10.8 Å². The van der Waals surface area contributed by atoms with E-state index < -0.39 is 10.8 Å². The minimum Gasteiger partial charge on any atom is -0.457 e. The molecule has 0 saturated carbocycles. The van der Waals surface area contributed by atoms with Crippen molar-refractivity contribution in [2.75, 3.05) is 0 Å². The van der Waals surface area contributed by atoms with Crippen LogP contribution in [0.1, 0.15) is 44.5 Å². The number of fused-ring (bicyclic) bond motifs is 14. The lowest BCUT2D eigenvalue weighted by Gasteiger charge is -2.43. The summed E-state index contributed by atoms with van der Waals surface area (Å²) in [7, 11) is 0. The van der Waals surface area contributed by atoms with Gasteiger partial charge in [-0.2, -0.15) is 0 Å². The average molecular weight is 699 g/mol. The average Bonchev–Trinajstić information content (AvgIpc) is 3.74. The summed E-state index contributed by atoms with van der Waals surface area (Å²) in [5, 5.41) is 2.57. The number of hydrogen-bond acceptors (Lipinski definition) is 1. The predicted molar refractivity (Wildman–Crippen MR) is 224 cm³/mol. The Morgan fingerprint density at radius 1 is 0.291 bits per heavy atom. The first-order chi connectivity index (χ1) is 27.3. The van der Waals surface area contributed by atoms with Crippen LogP contribution >= 0.6 is 0 Å². The Hall–Kier alpha value is -6.96. The van der Waals surface area contributed by atoms with Crippen molar-refractivity contribution in [1.29, 1.82) is 0 Å². The van der Waals surface area contributed by atoms with Crippen LogP contribution in [0, 0.1) is 0 Å². The molecule has 9 aromatic carbocycles. The van der Waals surface area contributed by atoms with Gasteiger partial charge in [-0.1, -0.05) is 194 Å². The first-order valence-corrected chi connectivity index (χ1v) is 19.2. The van der Waals surface area contributed by atoms with Crippen LogP contribution in [0.25, 0.3) is 44.2 Å². The summed E-state index contributed by atoms with van der Waals surface area (Å²) in [5.41, 5.74) is 16.6. The Balaban J connectivity index is 1.22. The lowest BCUT2D eigenvalue weighted by Crippen LogP contribution is -2.34. The van der Waals surface area contributed by atoms with Crippen LogP contribution < -0.4 is 4.74 Å². The van der Waals surface area contributed by atoms with Gasteiger partial charge in [-0.15, -0.1) is 0 Å². The molecule has 55 heavy (non-hydrogen) atoms. The Labute approximate surface area is 320 Å². The summed E-state index contributed by atoms with van der Waals surface area (Å²) in [6, 6.07) is 76.1. The Kier molecular flexibility index (Phi) is 6.25. The van der Waals surface area contributed by atoms with Crippen LogP contribution in [0.4, 0.5) is 0 Å². The summed E-state index contributed by atoms with van der Waals surface area (Å²) < 4.78 is 6.95. The molecule has 0 radical (unpaired) electrons. The monoisotopic (exact) mass is 698 g/mol. The first-order valence-electron chi connectivity index (χ1n) is 19.2. The molecule has 9 aromatic rings. The van der Waals surface area contributed by atoms with Crippen molar-refractivity contribution in [3.05, 3.63) is 251 Å². The minimum atomic E-state index is -0.646. The van der Waals surface area contributed by atoms with Crippen molar-refractivity contribution in [3.8, 4) is 44.9 Å². The van der Waals surface area contributed by atoms with E-state index >= 15 is 0 Å². The molecule has 1 aliphatic heterocycles. The Morgan fingerprint density at radius 3 is 1.55 bits per heavy atom. The first kappa shape index (κ1) is 30.5. The van der Waals surface area contributed by atoms with E-state index in [0.717, 1.165) is 22.6 Å². The van der Waals surface area contributed by atoms with Crippen LogP contribution in [-0.2, 0) is 10.8 Å². The fourth-order valence-corrected chi connectivity index (χ4v) is 10.7. The lowest BCUT2D eigenvalue weighted by molar-refractivity contribution is 0.435. The van der Waals surface area contributed by atoms with Gasteiger partial charge in [0.15, 0.2) is 0 Å². The lowest BCUT2D eigenvalue weighted by atomic mass is 9.62. The summed E-state index contributed by atoms with van der Waals surface area (Å²) in [6.45, 7) is 0. The molecule has 1 atom stereocenters. The smallest absolute Gasteiger partial charge is 0.132 e. The fourth-order valence-electron chi connectivity index (χ4n) is 10.7. The van der Waals surface area contributed by atoms with E-state index in [1.54, 1.807) is 0 Å². The number of benzene rings is 9. The quantitative estimate of drug-likeness (QED) is 0.178. The summed E-state index contributed by atoms with van der Waals surface area (Å²) in [5.74, 6) is 1.76. The van der Waals surface area contributed by atoms with Gasteiger partial charge < -0.3 is 4.74 Å². The van der Waals surface area contributed by atoms with E-state index in [0.29, 0.717) is 0 Å². The highest BCUT2D eigenvalue weighted by molar-refractivity contribution is 6.07. The maximum atomic E-state index is 6.95. The van der Waals surface area contributed by atoms with Gasteiger partial charge in [-0.25, -0.2) is 0 Å². The molecule has 1 heteroatoms.